The third-order valence-electron chi connectivity index (χ3n) is 5.35. The highest BCUT2D eigenvalue weighted by atomic mass is 32.1. The van der Waals surface area contributed by atoms with Gasteiger partial charge in [0.1, 0.15) is 22.4 Å². The van der Waals surface area contributed by atoms with Gasteiger partial charge in [-0.1, -0.05) is 23.8 Å². The summed E-state index contributed by atoms with van der Waals surface area (Å²) >= 11 is 1.09. The Hall–Kier alpha value is -3.98. The van der Waals surface area contributed by atoms with Crippen LogP contribution in [0.25, 0.3) is 21.6 Å². The normalized spacial score (nSPS) is 11.9. The van der Waals surface area contributed by atoms with Gasteiger partial charge in [0.25, 0.3) is 5.56 Å². The van der Waals surface area contributed by atoms with Crippen molar-refractivity contribution in [3.05, 3.63) is 75.4 Å². The minimum atomic E-state index is -1.22. The molecule has 9 heteroatoms. The first kappa shape index (κ1) is 23.2. The monoisotopic (exact) mass is 477 g/mol. The van der Waals surface area contributed by atoms with Crippen LogP contribution in [0.15, 0.2) is 58.7 Å². The van der Waals surface area contributed by atoms with Gasteiger partial charge in [0, 0.05) is 16.6 Å². The van der Waals surface area contributed by atoms with Crippen molar-refractivity contribution in [1.82, 2.24) is 9.55 Å². The number of aryl methyl sites for hydroxylation is 1. The SMILES string of the molecule is CCOc1ccc(NC(=O)C(C)n2c(-c3cccc(C)c3)nc3scc(C(=O)O)c3c2=O)cc1. The highest BCUT2D eigenvalue weighted by Gasteiger charge is 2.26. The standard InChI is InChI=1S/C25H23N3O5S/c1-4-33-18-10-8-17(9-11-18)26-22(29)15(3)28-21(16-7-5-6-14(2)12-16)27-23-20(24(28)30)19(13-34-23)25(31)32/h5-13,15H,4H2,1-3H3,(H,26,29)(H,31,32). The molecule has 0 bridgehead atoms. The van der Waals surface area contributed by atoms with Gasteiger partial charge in [-0.05, 0) is 51.1 Å². The Balaban J connectivity index is 1.81. The number of aromatic carboxylic acids is 1. The largest absolute Gasteiger partial charge is 0.494 e. The van der Waals surface area contributed by atoms with Crippen LogP contribution in [-0.4, -0.2) is 33.1 Å². The molecule has 34 heavy (non-hydrogen) atoms. The fourth-order valence-electron chi connectivity index (χ4n) is 3.67. The molecule has 0 aliphatic heterocycles. The number of amides is 1. The van der Waals surface area contributed by atoms with Crippen LogP contribution in [0.5, 0.6) is 5.75 Å². The second-order valence-corrected chi connectivity index (χ2v) is 8.60. The number of hydrogen-bond acceptors (Lipinski definition) is 6. The van der Waals surface area contributed by atoms with Crippen molar-refractivity contribution < 1.29 is 19.4 Å². The molecule has 4 rings (SSSR count). The molecule has 0 aliphatic carbocycles. The molecular formula is C25H23N3O5S. The van der Waals surface area contributed by atoms with Crippen molar-refractivity contribution in [1.29, 1.82) is 0 Å². The lowest BCUT2D eigenvalue weighted by Gasteiger charge is -2.19. The third kappa shape index (κ3) is 4.42. The number of carbonyl (C=O) groups excluding carboxylic acids is 1. The van der Waals surface area contributed by atoms with E-state index < -0.39 is 23.5 Å². The summed E-state index contributed by atoms with van der Waals surface area (Å²) in [5.41, 5.74) is 1.46. The van der Waals surface area contributed by atoms with Crippen LogP contribution in [0.4, 0.5) is 5.69 Å². The van der Waals surface area contributed by atoms with Gasteiger partial charge < -0.3 is 15.2 Å². The molecule has 1 amide bonds. The highest BCUT2D eigenvalue weighted by Crippen LogP contribution is 2.28. The maximum absolute atomic E-state index is 13.6. The number of thiophene rings is 1. The van der Waals surface area contributed by atoms with Crippen molar-refractivity contribution in [3.8, 4) is 17.1 Å². The average Bonchev–Trinajstić information content (AvgIpc) is 3.25. The Labute approximate surface area is 199 Å². The molecule has 0 fully saturated rings. The topological polar surface area (TPSA) is 111 Å². The molecule has 0 saturated heterocycles. The molecule has 8 nitrogen and oxygen atoms in total. The molecule has 0 aliphatic rings. The summed E-state index contributed by atoms with van der Waals surface area (Å²) < 4.78 is 6.69. The predicted molar refractivity (Wildman–Crippen MR) is 132 cm³/mol. The van der Waals surface area contributed by atoms with Crippen LogP contribution in [0.1, 0.15) is 35.8 Å². The smallest absolute Gasteiger partial charge is 0.337 e. The van der Waals surface area contributed by atoms with Gasteiger partial charge in [-0.25, -0.2) is 9.78 Å². The van der Waals surface area contributed by atoms with Gasteiger partial charge in [0.05, 0.1) is 17.6 Å². The van der Waals surface area contributed by atoms with E-state index in [4.69, 9.17) is 4.74 Å². The lowest BCUT2D eigenvalue weighted by molar-refractivity contribution is -0.118. The van der Waals surface area contributed by atoms with Crippen molar-refractivity contribution in [2.75, 3.05) is 11.9 Å². The number of carbonyl (C=O) groups is 2. The van der Waals surface area contributed by atoms with Gasteiger partial charge in [0.15, 0.2) is 0 Å². The number of nitrogens with one attached hydrogen (secondary N) is 1. The number of hydrogen-bond donors (Lipinski definition) is 2. The Bertz CT molecular complexity index is 1440. The average molecular weight is 478 g/mol. The molecule has 0 radical (unpaired) electrons. The number of benzene rings is 2. The second-order valence-electron chi connectivity index (χ2n) is 7.74. The van der Waals surface area contributed by atoms with E-state index in [2.05, 4.69) is 10.3 Å². The number of carboxylic acids is 1. The minimum Gasteiger partial charge on any atom is -0.494 e. The van der Waals surface area contributed by atoms with Crippen molar-refractivity contribution in [2.24, 2.45) is 0 Å². The van der Waals surface area contributed by atoms with Gasteiger partial charge >= 0.3 is 5.97 Å². The van der Waals surface area contributed by atoms with E-state index in [0.717, 1.165) is 16.9 Å². The van der Waals surface area contributed by atoms with E-state index in [1.165, 1.54) is 9.95 Å². The van der Waals surface area contributed by atoms with Crippen LogP contribution in [-0.2, 0) is 4.79 Å². The Kier molecular flexibility index (Phi) is 6.47. The summed E-state index contributed by atoms with van der Waals surface area (Å²) in [7, 11) is 0. The molecule has 1 atom stereocenters. The summed E-state index contributed by atoms with van der Waals surface area (Å²) in [5.74, 6) is -0.672. The molecule has 0 spiro atoms. The molecule has 2 N–H and O–H groups in total. The molecule has 2 aromatic carbocycles. The Morgan fingerprint density at radius 2 is 1.94 bits per heavy atom. The molecule has 2 heterocycles. The van der Waals surface area contributed by atoms with E-state index in [1.54, 1.807) is 37.3 Å². The summed E-state index contributed by atoms with van der Waals surface area (Å²) in [5, 5.41) is 13.8. The number of carboxylic acid groups (broad SMARTS) is 1. The molecule has 4 aromatic rings. The van der Waals surface area contributed by atoms with Crippen LogP contribution in [0.3, 0.4) is 0 Å². The van der Waals surface area contributed by atoms with Gasteiger partial charge in [-0.15, -0.1) is 11.3 Å². The predicted octanol–water partition coefficient (Wildman–Crippen LogP) is 4.73. The number of anilines is 1. The van der Waals surface area contributed by atoms with E-state index in [1.807, 2.05) is 32.0 Å². The zero-order chi connectivity index (χ0) is 24.4. The fraction of sp³-hybridized carbons (Fsp3) is 0.200. The summed E-state index contributed by atoms with van der Waals surface area (Å²) in [6, 6.07) is 13.4. The lowest BCUT2D eigenvalue weighted by atomic mass is 10.1. The van der Waals surface area contributed by atoms with E-state index >= 15 is 0 Å². The van der Waals surface area contributed by atoms with Gasteiger partial charge in [-0.2, -0.15) is 0 Å². The van der Waals surface area contributed by atoms with Gasteiger partial charge in [0.2, 0.25) is 5.91 Å². The second kappa shape index (κ2) is 9.48. The maximum atomic E-state index is 13.6. The molecule has 0 saturated carbocycles. The quantitative estimate of drug-likeness (QED) is 0.398. The number of aromatic nitrogens is 2. The van der Waals surface area contributed by atoms with Crippen molar-refractivity contribution in [3.63, 3.8) is 0 Å². The van der Waals surface area contributed by atoms with E-state index in [-0.39, 0.29) is 10.9 Å². The molecule has 2 aromatic heterocycles. The zero-order valence-electron chi connectivity index (χ0n) is 18.9. The summed E-state index contributed by atoms with van der Waals surface area (Å²) in [6.45, 7) is 5.92. The Morgan fingerprint density at radius 3 is 2.59 bits per heavy atom. The van der Waals surface area contributed by atoms with E-state index in [9.17, 15) is 19.5 Å². The number of ether oxygens (including phenoxy) is 1. The first-order chi connectivity index (χ1) is 16.3. The number of rotatable bonds is 7. The molecule has 1 unspecified atom stereocenters. The number of fused-ring (bicyclic) bond motifs is 1. The Morgan fingerprint density at radius 1 is 1.21 bits per heavy atom. The van der Waals surface area contributed by atoms with Crippen LogP contribution in [0.2, 0.25) is 0 Å². The first-order valence-electron chi connectivity index (χ1n) is 10.7. The molecular weight excluding hydrogens is 454 g/mol. The highest BCUT2D eigenvalue weighted by molar-refractivity contribution is 7.17. The third-order valence-corrected chi connectivity index (χ3v) is 6.22. The van der Waals surface area contributed by atoms with Crippen molar-refractivity contribution >= 4 is 39.1 Å². The van der Waals surface area contributed by atoms with Crippen molar-refractivity contribution in [2.45, 2.75) is 26.8 Å². The molecule has 174 valence electrons. The maximum Gasteiger partial charge on any atom is 0.337 e. The summed E-state index contributed by atoms with van der Waals surface area (Å²) in [4.78, 5) is 43.4. The fourth-order valence-corrected chi connectivity index (χ4v) is 4.58. The van der Waals surface area contributed by atoms with Gasteiger partial charge in [-0.3, -0.25) is 14.2 Å². The van der Waals surface area contributed by atoms with E-state index in [0.29, 0.717) is 34.3 Å². The van der Waals surface area contributed by atoms with Crippen LogP contribution < -0.4 is 15.6 Å². The number of nitrogens with zero attached hydrogens (tertiary/aromatic N) is 2. The minimum absolute atomic E-state index is 0.00498. The lowest BCUT2D eigenvalue weighted by Crippen LogP contribution is -2.33. The van der Waals surface area contributed by atoms with Crippen LogP contribution >= 0.6 is 11.3 Å². The first-order valence-corrected chi connectivity index (χ1v) is 11.6. The zero-order valence-corrected chi connectivity index (χ0v) is 19.7. The van der Waals surface area contributed by atoms with Crippen LogP contribution in [0, 0.1) is 6.92 Å². The summed E-state index contributed by atoms with van der Waals surface area (Å²) in [6.07, 6.45) is 0.